The lowest BCUT2D eigenvalue weighted by atomic mass is 9.94. The first-order valence-corrected chi connectivity index (χ1v) is 18.9. The van der Waals surface area contributed by atoms with Gasteiger partial charge in [-0.3, -0.25) is 0 Å². The first kappa shape index (κ1) is 29.8. The van der Waals surface area contributed by atoms with E-state index in [2.05, 4.69) is 191 Å². The number of aromatic nitrogens is 2. The van der Waals surface area contributed by atoms with Gasteiger partial charge < -0.3 is 18.9 Å². The molecule has 0 radical (unpaired) electrons. The van der Waals surface area contributed by atoms with Gasteiger partial charge in [0.1, 0.15) is 0 Å². The van der Waals surface area contributed by atoms with Crippen molar-refractivity contribution in [1.29, 1.82) is 0 Å². The SMILES string of the molecule is Cn1c2cc(N3c4ccccc4Cc4ccccc43)ccc2c2c3ccccc3c3c4ccc(N5c6ccccc6Cc6ccccc65)cc4n(C)c3c21. The third-order valence-corrected chi connectivity index (χ3v) is 12.3. The third-order valence-electron chi connectivity index (χ3n) is 12.3. The van der Waals surface area contributed by atoms with Gasteiger partial charge in [0, 0.05) is 82.6 Å². The minimum atomic E-state index is 0.947. The maximum Gasteiger partial charge on any atom is 0.0742 e. The highest BCUT2D eigenvalue weighted by molar-refractivity contribution is 6.36. The van der Waals surface area contributed by atoms with Crippen LogP contribution in [0.2, 0.25) is 0 Å². The molecule has 0 bridgehead atoms. The summed E-state index contributed by atoms with van der Waals surface area (Å²) in [5, 5.41) is 7.77. The zero-order valence-corrected chi connectivity index (χ0v) is 30.2. The summed E-state index contributed by atoms with van der Waals surface area (Å²) < 4.78 is 4.89. The quantitative estimate of drug-likeness (QED) is 0.179. The van der Waals surface area contributed by atoms with Crippen LogP contribution in [-0.2, 0) is 26.9 Å². The van der Waals surface area contributed by atoms with Crippen LogP contribution in [0.3, 0.4) is 0 Å². The maximum atomic E-state index is 2.45. The highest BCUT2D eigenvalue weighted by Gasteiger charge is 2.28. The molecule has 12 rings (SSSR count). The molecule has 0 unspecified atom stereocenters. The van der Waals surface area contributed by atoms with Crippen LogP contribution in [0.4, 0.5) is 34.1 Å². The van der Waals surface area contributed by atoms with Crippen molar-refractivity contribution in [3.05, 3.63) is 180 Å². The van der Waals surface area contributed by atoms with E-state index in [1.54, 1.807) is 0 Å². The molecule has 0 saturated carbocycles. The lowest BCUT2D eigenvalue weighted by Crippen LogP contribution is -2.18. The Hall–Kier alpha value is -6.78. The summed E-state index contributed by atoms with van der Waals surface area (Å²) in [5.41, 5.74) is 17.8. The van der Waals surface area contributed by atoms with Gasteiger partial charge >= 0.3 is 0 Å². The van der Waals surface area contributed by atoms with Crippen LogP contribution < -0.4 is 9.80 Å². The first-order valence-electron chi connectivity index (χ1n) is 18.9. The fourth-order valence-electron chi connectivity index (χ4n) is 9.89. The van der Waals surface area contributed by atoms with Gasteiger partial charge in [0.2, 0.25) is 0 Å². The molecule has 8 aromatic carbocycles. The standard InChI is InChI=1S/C50H36N4/c1-51-45-29-35(53-41-19-9-3-13-31(41)27-32-14-4-10-20-42(32)53)23-25-39(45)47-37-17-7-8-18-38(37)48-40-26-24-36(30-46(40)52(2)50(48)49(47)51)54-43-21-11-5-15-33(43)28-34-16-6-12-22-44(34)54/h3-26,29-30H,27-28H2,1-2H3. The second-order valence-corrected chi connectivity index (χ2v) is 15.1. The number of aryl methyl sites for hydroxylation is 2. The zero-order chi connectivity index (χ0) is 35.7. The van der Waals surface area contributed by atoms with Gasteiger partial charge in [0.05, 0.1) is 22.1 Å². The molecule has 0 spiro atoms. The second-order valence-electron chi connectivity index (χ2n) is 15.1. The lowest BCUT2D eigenvalue weighted by Gasteiger charge is -2.33. The molecule has 4 heteroatoms. The van der Waals surface area contributed by atoms with E-state index in [1.807, 2.05) is 0 Å². The van der Waals surface area contributed by atoms with Gasteiger partial charge in [0.15, 0.2) is 0 Å². The summed E-state index contributed by atoms with van der Waals surface area (Å²) in [4.78, 5) is 4.91. The number of anilines is 6. The fourth-order valence-corrected chi connectivity index (χ4v) is 9.89. The number of hydrogen-bond donors (Lipinski definition) is 0. The molecule has 54 heavy (non-hydrogen) atoms. The number of fused-ring (bicyclic) bond motifs is 14. The summed E-state index contributed by atoms with van der Waals surface area (Å²) in [6.07, 6.45) is 1.89. The maximum absolute atomic E-state index is 2.45. The average Bonchev–Trinajstić information content (AvgIpc) is 3.68. The van der Waals surface area contributed by atoms with E-state index in [0.717, 1.165) is 12.8 Å². The smallest absolute Gasteiger partial charge is 0.0742 e. The molecule has 2 aromatic heterocycles. The Labute approximate surface area is 313 Å². The minimum absolute atomic E-state index is 0.947. The average molecular weight is 693 g/mol. The third kappa shape index (κ3) is 3.92. The van der Waals surface area contributed by atoms with E-state index in [9.17, 15) is 0 Å². The number of para-hydroxylation sites is 4. The van der Waals surface area contributed by atoms with E-state index >= 15 is 0 Å². The molecule has 2 aliphatic heterocycles. The van der Waals surface area contributed by atoms with Crippen molar-refractivity contribution in [3.63, 3.8) is 0 Å². The number of benzene rings is 8. The number of rotatable bonds is 2. The molecule has 0 N–H and O–H groups in total. The van der Waals surface area contributed by atoms with Crippen molar-refractivity contribution in [2.45, 2.75) is 12.8 Å². The number of hydrogen-bond acceptors (Lipinski definition) is 2. The molecular formula is C50H36N4. The van der Waals surface area contributed by atoms with Gasteiger partial charge in [0.25, 0.3) is 0 Å². The molecule has 256 valence electrons. The van der Waals surface area contributed by atoms with Crippen LogP contribution in [0, 0.1) is 0 Å². The molecule has 0 aliphatic carbocycles. The second kappa shape index (κ2) is 10.9. The van der Waals surface area contributed by atoms with Crippen LogP contribution >= 0.6 is 0 Å². The highest BCUT2D eigenvalue weighted by atomic mass is 15.2. The Balaban J connectivity index is 1.13. The van der Waals surface area contributed by atoms with Crippen molar-refractivity contribution >= 4 is 88.5 Å². The van der Waals surface area contributed by atoms with E-state index in [1.165, 1.54) is 111 Å². The normalized spacial score (nSPS) is 13.5. The Morgan fingerprint density at radius 2 is 0.685 bits per heavy atom. The summed E-state index contributed by atoms with van der Waals surface area (Å²) in [7, 11) is 4.51. The Bertz CT molecular complexity index is 2910. The fraction of sp³-hybridized carbons (Fsp3) is 0.0800. The van der Waals surface area contributed by atoms with Crippen molar-refractivity contribution in [2.24, 2.45) is 14.1 Å². The summed E-state index contributed by atoms with van der Waals surface area (Å²) in [6.45, 7) is 0. The van der Waals surface area contributed by atoms with Gasteiger partial charge in [-0.05, 0) is 81.6 Å². The van der Waals surface area contributed by atoms with Crippen molar-refractivity contribution in [1.82, 2.24) is 9.13 Å². The molecule has 4 nitrogen and oxygen atoms in total. The van der Waals surface area contributed by atoms with Crippen LogP contribution in [0.1, 0.15) is 22.3 Å². The van der Waals surface area contributed by atoms with Gasteiger partial charge in [-0.1, -0.05) is 109 Å². The molecule has 0 fully saturated rings. The monoisotopic (exact) mass is 692 g/mol. The van der Waals surface area contributed by atoms with E-state index < -0.39 is 0 Å². The predicted molar refractivity (Wildman–Crippen MR) is 227 cm³/mol. The first-order chi connectivity index (χ1) is 26.6. The largest absolute Gasteiger partial charge is 0.342 e. The Morgan fingerprint density at radius 1 is 0.352 bits per heavy atom. The van der Waals surface area contributed by atoms with Crippen molar-refractivity contribution < 1.29 is 0 Å². The molecule has 2 aliphatic rings. The van der Waals surface area contributed by atoms with E-state index in [4.69, 9.17) is 0 Å². The molecule has 10 aromatic rings. The van der Waals surface area contributed by atoms with Crippen molar-refractivity contribution in [2.75, 3.05) is 9.80 Å². The molecule has 0 saturated heterocycles. The molecule has 0 atom stereocenters. The minimum Gasteiger partial charge on any atom is -0.342 e. The van der Waals surface area contributed by atoms with E-state index in [-0.39, 0.29) is 0 Å². The van der Waals surface area contributed by atoms with Gasteiger partial charge in [-0.2, -0.15) is 0 Å². The van der Waals surface area contributed by atoms with Crippen molar-refractivity contribution in [3.8, 4) is 0 Å². The van der Waals surface area contributed by atoms with Crippen LogP contribution in [0.5, 0.6) is 0 Å². The van der Waals surface area contributed by atoms with Crippen LogP contribution in [-0.4, -0.2) is 9.13 Å². The molecular weight excluding hydrogens is 657 g/mol. The Morgan fingerprint density at radius 3 is 1.06 bits per heavy atom. The summed E-state index contributed by atoms with van der Waals surface area (Å²) in [5.74, 6) is 0. The Kier molecular flexibility index (Phi) is 5.99. The topological polar surface area (TPSA) is 16.3 Å². The summed E-state index contributed by atoms with van der Waals surface area (Å²) >= 11 is 0. The predicted octanol–water partition coefficient (Wildman–Crippen LogP) is 12.9. The van der Waals surface area contributed by atoms with Crippen LogP contribution in [0.25, 0.3) is 54.4 Å². The van der Waals surface area contributed by atoms with E-state index in [0.29, 0.717) is 0 Å². The number of nitrogens with zero attached hydrogens (tertiary/aromatic N) is 4. The lowest BCUT2D eigenvalue weighted by molar-refractivity contribution is 0.986. The van der Waals surface area contributed by atoms with Gasteiger partial charge in [-0.15, -0.1) is 0 Å². The van der Waals surface area contributed by atoms with Crippen LogP contribution in [0.15, 0.2) is 158 Å². The summed E-state index contributed by atoms with van der Waals surface area (Å²) in [6, 6.07) is 58.6. The zero-order valence-electron chi connectivity index (χ0n) is 30.2. The van der Waals surface area contributed by atoms with Gasteiger partial charge in [-0.25, -0.2) is 0 Å². The molecule has 4 heterocycles. The highest BCUT2D eigenvalue weighted by Crippen LogP contribution is 2.49. The molecule has 0 amide bonds.